The minimum Gasteiger partial charge on any atom is -0.360 e. The lowest BCUT2D eigenvalue weighted by Crippen LogP contribution is -2.30. The topological polar surface area (TPSA) is 41.3 Å². The molecule has 1 N–H and O–H groups in total. The summed E-state index contributed by atoms with van der Waals surface area (Å²) in [5.41, 5.74) is 0.970. The predicted octanol–water partition coefficient (Wildman–Crippen LogP) is 2.82. The van der Waals surface area contributed by atoms with Crippen molar-refractivity contribution in [2.24, 2.45) is 5.92 Å². The molecule has 1 aromatic heterocycles. The zero-order valence-corrected chi connectivity index (χ0v) is 12.6. The lowest BCUT2D eigenvalue weighted by Gasteiger charge is -2.23. The molecule has 0 unspecified atom stereocenters. The molecule has 0 aromatic carbocycles. The second kappa shape index (κ2) is 8.12. The number of rotatable bonds is 9. The van der Waals surface area contributed by atoms with Crippen LogP contribution in [0.5, 0.6) is 0 Å². The van der Waals surface area contributed by atoms with Crippen LogP contribution in [0.2, 0.25) is 0 Å². The molecule has 1 rings (SSSR count). The first-order valence-corrected chi connectivity index (χ1v) is 7.03. The van der Waals surface area contributed by atoms with E-state index in [4.69, 9.17) is 4.52 Å². The van der Waals surface area contributed by atoms with E-state index in [2.05, 4.69) is 49.6 Å². The monoisotopic (exact) mass is 265 g/mol. The van der Waals surface area contributed by atoms with E-state index in [0.29, 0.717) is 12.0 Å². The highest BCUT2D eigenvalue weighted by Crippen LogP contribution is 2.10. The van der Waals surface area contributed by atoms with Gasteiger partial charge in [-0.25, -0.2) is 0 Å². The number of hydrogen-bond acceptors (Lipinski definition) is 4. The van der Waals surface area contributed by atoms with Crippen molar-refractivity contribution in [3.63, 3.8) is 0 Å². The van der Waals surface area contributed by atoms with Gasteiger partial charge >= 0.3 is 0 Å². The summed E-state index contributed by atoms with van der Waals surface area (Å²) in [6, 6.07) is 2.50. The van der Waals surface area contributed by atoms with E-state index in [0.717, 1.165) is 37.6 Å². The Balaban J connectivity index is 2.46. The van der Waals surface area contributed by atoms with Crippen LogP contribution in [0.3, 0.4) is 0 Å². The molecule has 0 radical (unpaired) electrons. The molecule has 0 spiro atoms. The van der Waals surface area contributed by atoms with Gasteiger partial charge in [0.15, 0.2) is 5.76 Å². The van der Waals surface area contributed by atoms with Crippen molar-refractivity contribution in [1.82, 2.24) is 15.4 Å². The predicted molar refractivity (Wildman–Crippen MR) is 78.8 cm³/mol. The molecule has 1 heterocycles. The van der Waals surface area contributed by atoms with Gasteiger partial charge in [0.25, 0.3) is 0 Å². The van der Waals surface area contributed by atoms with Crippen molar-refractivity contribution in [2.45, 2.75) is 46.8 Å². The minimum atomic E-state index is 0.464. The molecule has 0 aliphatic carbocycles. The summed E-state index contributed by atoms with van der Waals surface area (Å²) in [6.07, 6.45) is 1.92. The number of nitrogens with zero attached hydrogens (tertiary/aromatic N) is 2. The van der Waals surface area contributed by atoms with E-state index in [-0.39, 0.29) is 0 Å². The SMILES string of the molecule is C=CCN(Cc1cc(CNCC(C)C)no1)C(C)C. The molecule has 19 heavy (non-hydrogen) atoms. The first kappa shape index (κ1) is 15.9. The number of nitrogens with one attached hydrogen (secondary N) is 1. The van der Waals surface area contributed by atoms with E-state index < -0.39 is 0 Å². The van der Waals surface area contributed by atoms with Crippen molar-refractivity contribution in [1.29, 1.82) is 0 Å². The van der Waals surface area contributed by atoms with Crippen molar-refractivity contribution < 1.29 is 4.52 Å². The summed E-state index contributed by atoms with van der Waals surface area (Å²) in [7, 11) is 0. The Labute approximate surface area is 116 Å². The van der Waals surface area contributed by atoms with Gasteiger partial charge in [-0.1, -0.05) is 25.1 Å². The summed E-state index contributed by atoms with van der Waals surface area (Å²) >= 11 is 0. The van der Waals surface area contributed by atoms with Crippen LogP contribution in [0.15, 0.2) is 23.2 Å². The zero-order chi connectivity index (χ0) is 14.3. The normalized spacial score (nSPS) is 11.7. The van der Waals surface area contributed by atoms with Crippen LogP contribution in [-0.4, -0.2) is 29.2 Å². The van der Waals surface area contributed by atoms with Gasteiger partial charge in [0.2, 0.25) is 0 Å². The van der Waals surface area contributed by atoms with E-state index in [1.54, 1.807) is 0 Å². The van der Waals surface area contributed by atoms with Crippen molar-refractivity contribution in [3.8, 4) is 0 Å². The zero-order valence-electron chi connectivity index (χ0n) is 12.6. The Morgan fingerprint density at radius 3 is 2.74 bits per heavy atom. The van der Waals surface area contributed by atoms with Gasteiger partial charge in [0, 0.05) is 25.2 Å². The summed E-state index contributed by atoms with van der Waals surface area (Å²) in [5.74, 6) is 1.56. The third-order valence-corrected chi connectivity index (χ3v) is 2.92. The number of aromatic nitrogens is 1. The van der Waals surface area contributed by atoms with Crippen LogP contribution < -0.4 is 5.32 Å². The standard InChI is InChI=1S/C15H27N3O/c1-6-7-18(13(4)5)11-15-8-14(17-19-15)10-16-9-12(2)3/h6,8,12-13,16H,1,7,9-11H2,2-5H3. The van der Waals surface area contributed by atoms with Crippen molar-refractivity contribution >= 4 is 0 Å². The minimum absolute atomic E-state index is 0.464. The molecule has 4 heteroatoms. The summed E-state index contributed by atoms with van der Waals surface area (Å²) < 4.78 is 5.38. The Kier molecular flexibility index (Phi) is 6.81. The van der Waals surface area contributed by atoms with Crippen LogP contribution in [0.4, 0.5) is 0 Å². The van der Waals surface area contributed by atoms with Crippen molar-refractivity contribution in [3.05, 3.63) is 30.2 Å². The van der Waals surface area contributed by atoms with Crippen LogP contribution in [0.25, 0.3) is 0 Å². The molecule has 0 atom stereocenters. The van der Waals surface area contributed by atoms with Crippen LogP contribution in [0.1, 0.15) is 39.1 Å². The van der Waals surface area contributed by atoms with E-state index in [9.17, 15) is 0 Å². The van der Waals surface area contributed by atoms with Crippen LogP contribution in [-0.2, 0) is 13.1 Å². The average Bonchev–Trinajstić information content (AvgIpc) is 2.75. The maximum absolute atomic E-state index is 5.38. The van der Waals surface area contributed by atoms with Gasteiger partial charge in [-0.3, -0.25) is 4.90 Å². The molecular weight excluding hydrogens is 238 g/mol. The van der Waals surface area contributed by atoms with E-state index in [1.807, 2.05) is 12.1 Å². The maximum Gasteiger partial charge on any atom is 0.151 e. The second-order valence-electron chi connectivity index (χ2n) is 5.62. The molecule has 1 aromatic rings. The maximum atomic E-state index is 5.38. The van der Waals surface area contributed by atoms with Gasteiger partial charge in [0.05, 0.1) is 12.2 Å². The Hall–Kier alpha value is -1.13. The fourth-order valence-electron chi connectivity index (χ4n) is 1.83. The molecule has 108 valence electrons. The fraction of sp³-hybridized carbons (Fsp3) is 0.667. The molecule has 0 bridgehead atoms. The third-order valence-electron chi connectivity index (χ3n) is 2.92. The smallest absolute Gasteiger partial charge is 0.151 e. The Bertz CT molecular complexity index is 371. The summed E-state index contributed by atoms with van der Waals surface area (Å²) in [5, 5.41) is 7.46. The largest absolute Gasteiger partial charge is 0.360 e. The van der Waals surface area contributed by atoms with Gasteiger partial charge in [-0.2, -0.15) is 0 Å². The Morgan fingerprint density at radius 2 is 2.16 bits per heavy atom. The lowest BCUT2D eigenvalue weighted by molar-refractivity contribution is 0.208. The number of hydrogen-bond donors (Lipinski definition) is 1. The van der Waals surface area contributed by atoms with E-state index in [1.165, 1.54) is 0 Å². The first-order chi connectivity index (χ1) is 9.02. The first-order valence-electron chi connectivity index (χ1n) is 7.03. The van der Waals surface area contributed by atoms with Gasteiger partial charge in [-0.05, 0) is 26.3 Å². The average molecular weight is 265 g/mol. The highest BCUT2D eigenvalue weighted by molar-refractivity contribution is 5.05. The molecular formula is C15H27N3O. The Morgan fingerprint density at radius 1 is 1.42 bits per heavy atom. The van der Waals surface area contributed by atoms with Crippen molar-refractivity contribution in [2.75, 3.05) is 13.1 Å². The molecule has 0 aliphatic heterocycles. The highest BCUT2D eigenvalue weighted by Gasteiger charge is 2.12. The lowest BCUT2D eigenvalue weighted by atomic mass is 10.2. The molecule has 4 nitrogen and oxygen atoms in total. The molecule has 0 amide bonds. The highest BCUT2D eigenvalue weighted by atomic mass is 16.5. The van der Waals surface area contributed by atoms with Gasteiger partial charge in [-0.15, -0.1) is 6.58 Å². The molecule has 0 saturated carbocycles. The quantitative estimate of drug-likeness (QED) is 0.697. The van der Waals surface area contributed by atoms with E-state index >= 15 is 0 Å². The third kappa shape index (κ3) is 6.03. The molecule has 0 aliphatic rings. The van der Waals surface area contributed by atoms with Gasteiger partial charge in [0.1, 0.15) is 0 Å². The van der Waals surface area contributed by atoms with Crippen LogP contribution >= 0.6 is 0 Å². The van der Waals surface area contributed by atoms with Crippen LogP contribution in [0, 0.1) is 5.92 Å². The summed E-state index contributed by atoms with van der Waals surface area (Å²) in [4.78, 5) is 2.29. The molecule has 0 fully saturated rings. The second-order valence-corrected chi connectivity index (χ2v) is 5.62. The van der Waals surface area contributed by atoms with Gasteiger partial charge < -0.3 is 9.84 Å². The fourth-order valence-corrected chi connectivity index (χ4v) is 1.83. The molecule has 0 saturated heterocycles. The summed E-state index contributed by atoms with van der Waals surface area (Å²) in [6.45, 7) is 15.9.